The quantitative estimate of drug-likeness (QED) is 0.261. The van der Waals surface area contributed by atoms with E-state index in [2.05, 4.69) is 31.4 Å². The number of hydrogen-bond acceptors (Lipinski definition) is 5. The second kappa shape index (κ2) is 9.40. The molecule has 2 aromatic carbocycles. The summed E-state index contributed by atoms with van der Waals surface area (Å²) < 4.78 is 47.4. The highest BCUT2D eigenvalue weighted by molar-refractivity contribution is 9.10. The van der Waals surface area contributed by atoms with E-state index in [0.29, 0.717) is 28.9 Å². The fraction of sp³-hybridized carbons (Fsp3) is 0.190. The molecule has 4 rings (SSSR count). The molecule has 0 aliphatic carbocycles. The van der Waals surface area contributed by atoms with Crippen LogP contribution in [0.2, 0.25) is 5.02 Å². The molecule has 1 amide bonds. The van der Waals surface area contributed by atoms with Gasteiger partial charge in [0.15, 0.2) is 10.9 Å². The van der Waals surface area contributed by atoms with Crippen molar-refractivity contribution < 1.29 is 22.4 Å². The number of carbonyl (C=O) groups excluding carboxylic acids is 1. The largest absolute Gasteiger partial charge is 0.453 e. The number of alkyl halides is 3. The van der Waals surface area contributed by atoms with E-state index < -0.39 is 17.6 Å². The molecular weight excluding hydrogens is 545 g/mol. The van der Waals surface area contributed by atoms with Gasteiger partial charge in [-0.1, -0.05) is 39.3 Å². The number of amides is 1. The first-order valence-corrected chi connectivity index (χ1v) is 11.7. The molecule has 0 bridgehead atoms. The summed E-state index contributed by atoms with van der Waals surface area (Å²) in [6.07, 6.45) is -4.54. The summed E-state index contributed by atoms with van der Waals surface area (Å²) in [6.45, 7) is 2.42. The van der Waals surface area contributed by atoms with Crippen LogP contribution in [0.3, 0.4) is 0 Å². The van der Waals surface area contributed by atoms with Gasteiger partial charge in [0.25, 0.3) is 0 Å². The highest BCUT2D eigenvalue weighted by atomic mass is 79.9. The van der Waals surface area contributed by atoms with Crippen LogP contribution in [0, 0.1) is 0 Å². The lowest BCUT2D eigenvalue weighted by Crippen LogP contribution is -2.16. The third-order valence-electron chi connectivity index (χ3n) is 4.63. The number of anilines is 1. The van der Waals surface area contributed by atoms with Crippen molar-refractivity contribution in [3.05, 3.63) is 57.5 Å². The summed E-state index contributed by atoms with van der Waals surface area (Å²) in [5, 5.41) is 12.1. The Hall–Kier alpha value is -2.50. The van der Waals surface area contributed by atoms with E-state index >= 15 is 0 Å². The van der Waals surface area contributed by atoms with E-state index in [4.69, 9.17) is 16.0 Å². The molecular formula is C21H15BrClF3N4O2S. The standard InChI is InChI=1S/C21H15BrClF3N4O2S/c1-2-30-19(17-8-11-7-13(22)4-6-16(11)32-17)28-29-20(30)33-10-18(31)27-15-9-12(21(24,25)26)3-5-14(15)23/h3-9H,2,10H2,1H3,(H,27,31). The number of thioether (sulfide) groups is 1. The van der Waals surface area contributed by atoms with Gasteiger partial charge in [-0.15, -0.1) is 10.2 Å². The second-order valence-electron chi connectivity index (χ2n) is 6.87. The average Bonchev–Trinajstić information content (AvgIpc) is 3.35. The predicted molar refractivity (Wildman–Crippen MR) is 124 cm³/mol. The van der Waals surface area contributed by atoms with Gasteiger partial charge in [0.2, 0.25) is 11.7 Å². The number of aromatic nitrogens is 3. The molecule has 0 saturated carbocycles. The summed E-state index contributed by atoms with van der Waals surface area (Å²) in [4.78, 5) is 12.4. The Morgan fingerprint density at radius 3 is 2.73 bits per heavy atom. The molecule has 33 heavy (non-hydrogen) atoms. The van der Waals surface area contributed by atoms with Gasteiger partial charge in [-0.25, -0.2) is 0 Å². The number of furan rings is 1. The Morgan fingerprint density at radius 2 is 2.00 bits per heavy atom. The molecule has 0 atom stereocenters. The third-order valence-corrected chi connectivity index (χ3v) is 6.42. The zero-order chi connectivity index (χ0) is 23.8. The number of rotatable bonds is 6. The maximum atomic E-state index is 12.9. The minimum Gasteiger partial charge on any atom is -0.453 e. The zero-order valence-electron chi connectivity index (χ0n) is 16.9. The Labute approximate surface area is 203 Å². The monoisotopic (exact) mass is 558 g/mol. The maximum absolute atomic E-state index is 12.9. The molecule has 0 unspecified atom stereocenters. The van der Waals surface area contributed by atoms with Crippen molar-refractivity contribution in [2.24, 2.45) is 0 Å². The first-order chi connectivity index (χ1) is 15.7. The van der Waals surface area contributed by atoms with E-state index in [-0.39, 0.29) is 16.5 Å². The highest BCUT2D eigenvalue weighted by Gasteiger charge is 2.31. The second-order valence-corrected chi connectivity index (χ2v) is 9.14. The number of hydrogen-bond donors (Lipinski definition) is 1. The van der Waals surface area contributed by atoms with E-state index in [1.165, 1.54) is 0 Å². The van der Waals surface area contributed by atoms with Crippen LogP contribution in [0.4, 0.5) is 18.9 Å². The zero-order valence-corrected chi connectivity index (χ0v) is 20.1. The van der Waals surface area contributed by atoms with Gasteiger partial charge in [-0.2, -0.15) is 13.2 Å². The van der Waals surface area contributed by atoms with Crippen LogP contribution in [0.5, 0.6) is 0 Å². The minimum atomic E-state index is -4.54. The van der Waals surface area contributed by atoms with Crippen LogP contribution in [-0.2, 0) is 17.5 Å². The topological polar surface area (TPSA) is 73.0 Å². The van der Waals surface area contributed by atoms with E-state index in [1.807, 2.05) is 31.2 Å². The number of fused-ring (bicyclic) bond motifs is 1. The van der Waals surface area contributed by atoms with Crippen LogP contribution in [0.25, 0.3) is 22.6 Å². The van der Waals surface area contributed by atoms with Gasteiger partial charge in [-0.3, -0.25) is 9.36 Å². The molecule has 6 nitrogen and oxygen atoms in total. The van der Waals surface area contributed by atoms with Crippen LogP contribution < -0.4 is 5.32 Å². The van der Waals surface area contributed by atoms with Crippen molar-refractivity contribution in [1.82, 2.24) is 14.8 Å². The molecule has 0 aliphatic heterocycles. The SMILES string of the molecule is CCn1c(SCC(=O)Nc2cc(C(F)(F)F)ccc2Cl)nnc1-c1cc2cc(Br)ccc2o1. The van der Waals surface area contributed by atoms with E-state index in [1.54, 1.807) is 4.57 Å². The molecule has 0 fully saturated rings. The van der Waals surface area contributed by atoms with Crippen LogP contribution in [0.15, 0.2) is 56.5 Å². The van der Waals surface area contributed by atoms with Crippen LogP contribution in [0.1, 0.15) is 12.5 Å². The molecule has 0 radical (unpaired) electrons. The molecule has 172 valence electrons. The molecule has 1 N–H and O–H groups in total. The van der Waals surface area contributed by atoms with Gasteiger partial charge < -0.3 is 9.73 Å². The van der Waals surface area contributed by atoms with E-state index in [0.717, 1.165) is 39.8 Å². The molecule has 0 aliphatic rings. The number of nitrogens with zero attached hydrogens (tertiary/aromatic N) is 3. The molecule has 12 heteroatoms. The van der Waals surface area contributed by atoms with Crippen molar-refractivity contribution >= 4 is 61.9 Å². The molecule has 0 spiro atoms. The summed E-state index contributed by atoms with van der Waals surface area (Å²) >= 11 is 10.5. The lowest BCUT2D eigenvalue weighted by Gasteiger charge is -2.11. The van der Waals surface area contributed by atoms with Crippen molar-refractivity contribution in [3.63, 3.8) is 0 Å². The van der Waals surface area contributed by atoms with Crippen molar-refractivity contribution in [3.8, 4) is 11.6 Å². The number of nitrogens with one attached hydrogen (secondary N) is 1. The predicted octanol–water partition coefficient (Wildman–Crippen LogP) is 6.88. The summed E-state index contributed by atoms with van der Waals surface area (Å²) in [5.74, 6) is 0.415. The first-order valence-electron chi connectivity index (χ1n) is 9.57. The molecule has 0 saturated heterocycles. The Kier molecular flexibility index (Phi) is 6.73. The number of halogens is 5. The maximum Gasteiger partial charge on any atom is 0.416 e. The third kappa shape index (κ3) is 5.20. The number of carbonyl (C=O) groups is 1. The Bertz CT molecular complexity index is 1340. The summed E-state index contributed by atoms with van der Waals surface area (Å²) in [5.41, 5.74) is -0.309. The van der Waals surface area contributed by atoms with Crippen molar-refractivity contribution in [1.29, 1.82) is 0 Å². The average molecular weight is 560 g/mol. The smallest absolute Gasteiger partial charge is 0.416 e. The van der Waals surface area contributed by atoms with Gasteiger partial charge >= 0.3 is 6.18 Å². The van der Waals surface area contributed by atoms with Gasteiger partial charge in [0.1, 0.15) is 5.58 Å². The Morgan fingerprint density at radius 1 is 1.21 bits per heavy atom. The Balaban J connectivity index is 1.49. The summed E-state index contributed by atoms with van der Waals surface area (Å²) in [7, 11) is 0. The lowest BCUT2D eigenvalue weighted by molar-refractivity contribution is -0.137. The minimum absolute atomic E-state index is 0.0110. The normalized spacial score (nSPS) is 11.8. The van der Waals surface area contributed by atoms with Gasteiger partial charge in [0.05, 0.1) is 22.0 Å². The van der Waals surface area contributed by atoms with Crippen molar-refractivity contribution in [2.45, 2.75) is 24.8 Å². The highest BCUT2D eigenvalue weighted by Crippen LogP contribution is 2.34. The first kappa shape index (κ1) is 23.7. The number of benzene rings is 2. The fourth-order valence-corrected chi connectivity index (χ4v) is 4.45. The molecule has 2 aromatic heterocycles. The lowest BCUT2D eigenvalue weighted by atomic mass is 10.2. The van der Waals surface area contributed by atoms with Crippen molar-refractivity contribution in [2.75, 3.05) is 11.1 Å². The fourth-order valence-electron chi connectivity index (χ4n) is 3.10. The molecule has 2 heterocycles. The van der Waals surface area contributed by atoms with Crippen LogP contribution >= 0.6 is 39.3 Å². The van der Waals surface area contributed by atoms with Gasteiger partial charge in [-0.05, 0) is 49.4 Å². The van der Waals surface area contributed by atoms with E-state index in [9.17, 15) is 18.0 Å². The van der Waals surface area contributed by atoms with Gasteiger partial charge in [0, 0.05) is 16.4 Å². The van der Waals surface area contributed by atoms with Crippen LogP contribution in [-0.4, -0.2) is 26.4 Å². The summed E-state index contributed by atoms with van der Waals surface area (Å²) in [6, 6.07) is 10.2. The molecule has 4 aromatic rings.